The van der Waals surface area contributed by atoms with Gasteiger partial charge in [-0.2, -0.15) is 0 Å². The number of rotatable bonds is 2. The minimum Gasteiger partial charge on any atom is -0.465 e. The van der Waals surface area contributed by atoms with E-state index in [1.54, 1.807) is 18.2 Å². The molecule has 1 aromatic rings. The van der Waals surface area contributed by atoms with Crippen LogP contribution < -0.4 is 0 Å². The van der Waals surface area contributed by atoms with Crippen molar-refractivity contribution >= 4 is 5.97 Å². The van der Waals surface area contributed by atoms with Crippen molar-refractivity contribution in [2.24, 2.45) is 0 Å². The van der Waals surface area contributed by atoms with Crippen molar-refractivity contribution in [2.45, 2.75) is 6.10 Å². The van der Waals surface area contributed by atoms with E-state index >= 15 is 0 Å². The molecule has 1 atom stereocenters. The summed E-state index contributed by atoms with van der Waals surface area (Å²) >= 11 is 0. The van der Waals surface area contributed by atoms with E-state index in [-0.39, 0.29) is 0 Å². The van der Waals surface area contributed by atoms with E-state index in [1.165, 1.54) is 13.2 Å². The van der Waals surface area contributed by atoms with Crippen LogP contribution in [0.5, 0.6) is 0 Å². The number of carbonyl (C=O) groups excluding carboxylic acids is 1. The molecule has 0 aliphatic rings. The second-order valence-corrected chi connectivity index (χ2v) is 2.69. The van der Waals surface area contributed by atoms with Crippen LogP contribution in [0.3, 0.4) is 0 Å². The van der Waals surface area contributed by atoms with Crippen molar-refractivity contribution in [1.82, 2.24) is 0 Å². The van der Waals surface area contributed by atoms with Gasteiger partial charge in [-0.3, -0.25) is 0 Å². The van der Waals surface area contributed by atoms with Crippen molar-refractivity contribution in [2.75, 3.05) is 7.11 Å². The summed E-state index contributed by atoms with van der Waals surface area (Å²) in [7, 11) is 1.30. The molecule has 3 heteroatoms. The SMILES string of the molecule is C#CC(O)c1cccc(C(=O)OC)c1. The summed E-state index contributed by atoms with van der Waals surface area (Å²) in [5.41, 5.74) is 0.884. The first-order valence-electron chi connectivity index (χ1n) is 4.01. The van der Waals surface area contributed by atoms with Crippen molar-refractivity contribution in [1.29, 1.82) is 0 Å². The van der Waals surface area contributed by atoms with E-state index in [0.29, 0.717) is 11.1 Å². The fourth-order valence-electron chi connectivity index (χ4n) is 1.05. The molecule has 0 heterocycles. The van der Waals surface area contributed by atoms with Crippen LogP contribution in [0.25, 0.3) is 0 Å². The summed E-state index contributed by atoms with van der Waals surface area (Å²) in [6.07, 6.45) is 4.06. The van der Waals surface area contributed by atoms with Crippen LogP contribution in [-0.2, 0) is 4.74 Å². The maximum absolute atomic E-state index is 11.1. The van der Waals surface area contributed by atoms with Crippen LogP contribution in [0.4, 0.5) is 0 Å². The van der Waals surface area contributed by atoms with Gasteiger partial charge in [0, 0.05) is 0 Å². The lowest BCUT2D eigenvalue weighted by molar-refractivity contribution is 0.0600. The predicted octanol–water partition coefficient (Wildman–Crippen LogP) is 1.14. The zero-order valence-electron chi connectivity index (χ0n) is 7.73. The van der Waals surface area contributed by atoms with Crippen molar-refractivity contribution in [3.63, 3.8) is 0 Å². The molecule has 0 saturated carbocycles. The highest BCUT2D eigenvalue weighted by atomic mass is 16.5. The molecule has 14 heavy (non-hydrogen) atoms. The molecule has 0 aliphatic heterocycles. The highest BCUT2D eigenvalue weighted by Crippen LogP contribution is 2.13. The maximum atomic E-state index is 11.1. The minimum absolute atomic E-state index is 0.374. The van der Waals surface area contributed by atoms with Crippen LogP contribution in [0.1, 0.15) is 22.0 Å². The minimum atomic E-state index is -0.986. The van der Waals surface area contributed by atoms with Gasteiger partial charge in [0.2, 0.25) is 0 Å². The monoisotopic (exact) mass is 190 g/mol. The quantitative estimate of drug-likeness (QED) is 0.562. The van der Waals surface area contributed by atoms with Gasteiger partial charge in [0.25, 0.3) is 0 Å². The van der Waals surface area contributed by atoms with E-state index in [4.69, 9.17) is 6.42 Å². The summed E-state index contributed by atoms with van der Waals surface area (Å²) in [6, 6.07) is 6.40. The summed E-state index contributed by atoms with van der Waals surface area (Å²) in [5, 5.41) is 9.32. The van der Waals surface area contributed by atoms with Crippen LogP contribution in [0.2, 0.25) is 0 Å². The maximum Gasteiger partial charge on any atom is 0.337 e. The van der Waals surface area contributed by atoms with Gasteiger partial charge < -0.3 is 9.84 Å². The number of hydrogen-bond acceptors (Lipinski definition) is 3. The average Bonchev–Trinajstić information content (AvgIpc) is 2.27. The van der Waals surface area contributed by atoms with E-state index in [0.717, 1.165) is 0 Å². The van der Waals surface area contributed by atoms with Gasteiger partial charge in [0.15, 0.2) is 0 Å². The standard InChI is InChI=1S/C11H10O3/c1-3-10(12)8-5-4-6-9(7-8)11(13)14-2/h1,4-7,10,12H,2H3. The number of aliphatic hydroxyl groups excluding tert-OH is 1. The number of carbonyl (C=O) groups is 1. The number of benzene rings is 1. The van der Waals surface area contributed by atoms with Crippen LogP contribution in [-0.4, -0.2) is 18.2 Å². The van der Waals surface area contributed by atoms with Gasteiger partial charge in [-0.25, -0.2) is 4.79 Å². The van der Waals surface area contributed by atoms with Crippen LogP contribution in [0, 0.1) is 12.3 Å². The third kappa shape index (κ3) is 2.12. The van der Waals surface area contributed by atoms with E-state index in [1.807, 2.05) is 0 Å². The lowest BCUT2D eigenvalue weighted by Gasteiger charge is -2.05. The Morgan fingerprint density at radius 3 is 2.93 bits per heavy atom. The van der Waals surface area contributed by atoms with Gasteiger partial charge in [0.1, 0.15) is 6.10 Å². The Morgan fingerprint density at radius 1 is 1.64 bits per heavy atom. The topological polar surface area (TPSA) is 46.5 Å². The Morgan fingerprint density at radius 2 is 2.36 bits per heavy atom. The first-order valence-corrected chi connectivity index (χ1v) is 4.01. The van der Waals surface area contributed by atoms with Gasteiger partial charge in [-0.05, 0) is 17.7 Å². The Bertz CT molecular complexity index is 376. The Labute approximate surface area is 82.3 Å². The molecule has 3 nitrogen and oxygen atoms in total. The molecule has 0 aliphatic carbocycles. The van der Waals surface area contributed by atoms with E-state index in [2.05, 4.69) is 10.7 Å². The average molecular weight is 190 g/mol. The summed E-state index contributed by atoms with van der Waals surface area (Å²) in [6.45, 7) is 0. The molecule has 0 spiro atoms. The first kappa shape index (κ1) is 10.3. The van der Waals surface area contributed by atoms with E-state index < -0.39 is 12.1 Å². The highest BCUT2D eigenvalue weighted by Gasteiger charge is 2.08. The molecule has 0 saturated heterocycles. The molecule has 0 fully saturated rings. The first-order chi connectivity index (χ1) is 6.69. The molecule has 0 aromatic heterocycles. The number of aliphatic hydroxyl groups is 1. The van der Waals surface area contributed by atoms with Crippen molar-refractivity contribution in [3.05, 3.63) is 35.4 Å². The zero-order chi connectivity index (χ0) is 10.6. The largest absolute Gasteiger partial charge is 0.465 e. The zero-order valence-corrected chi connectivity index (χ0v) is 7.73. The molecule has 1 rings (SSSR count). The van der Waals surface area contributed by atoms with Crippen molar-refractivity contribution in [3.8, 4) is 12.3 Å². The summed E-state index contributed by atoms with van der Waals surface area (Å²) < 4.78 is 4.53. The molecule has 1 unspecified atom stereocenters. The van der Waals surface area contributed by atoms with Crippen LogP contribution >= 0.6 is 0 Å². The Balaban J connectivity index is 3.02. The summed E-state index contributed by atoms with van der Waals surface area (Å²) in [4.78, 5) is 11.1. The lowest BCUT2D eigenvalue weighted by Crippen LogP contribution is -2.03. The lowest BCUT2D eigenvalue weighted by atomic mass is 10.1. The molecule has 0 radical (unpaired) electrons. The van der Waals surface area contributed by atoms with Crippen LogP contribution in [0.15, 0.2) is 24.3 Å². The fourth-order valence-corrected chi connectivity index (χ4v) is 1.05. The molecule has 72 valence electrons. The van der Waals surface area contributed by atoms with Gasteiger partial charge in [-0.1, -0.05) is 18.1 Å². The third-order valence-corrected chi connectivity index (χ3v) is 1.78. The Kier molecular flexibility index (Phi) is 3.27. The number of hydrogen-bond donors (Lipinski definition) is 1. The van der Waals surface area contributed by atoms with E-state index in [9.17, 15) is 9.90 Å². The normalized spacial score (nSPS) is 11.5. The molecular formula is C11H10O3. The van der Waals surface area contributed by atoms with Gasteiger partial charge in [-0.15, -0.1) is 6.42 Å². The molecule has 1 N–H and O–H groups in total. The molecule has 1 aromatic carbocycles. The summed E-state index contributed by atoms with van der Waals surface area (Å²) in [5.74, 6) is 1.72. The molecule has 0 bridgehead atoms. The fraction of sp³-hybridized carbons (Fsp3) is 0.182. The highest BCUT2D eigenvalue weighted by molar-refractivity contribution is 5.89. The van der Waals surface area contributed by atoms with Gasteiger partial charge in [0.05, 0.1) is 12.7 Å². The number of ether oxygens (including phenoxy) is 1. The number of esters is 1. The number of terminal acetylenes is 1. The smallest absolute Gasteiger partial charge is 0.337 e. The second-order valence-electron chi connectivity index (χ2n) is 2.69. The second kappa shape index (κ2) is 4.45. The number of methoxy groups -OCH3 is 1. The molecular weight excluding hydrogens is 180 g/mol. The Hall–Kier alpha value is -1.79. The molecule has 0 amide bonds. The predicted molar refractivity (Wildman–Crippen MR) is 51.6 cm³/mol. The van der Waals surface area contributed by atoms with Crippen molar-refractivity contribution < 1.29 is 14.6 Å². The van der Waals surface area contributed by atoms with Gasteiger partial charge >= 0.3 is 5.97 Å². The third-order valence-electron chi connectivity index (χ3n) is 1.78.